The van der Waals surface area contributed by atoms with Gasteiger partial charge in [-0.1, -0.05) is 6.42 Å². The number of likely N-dealkylation sites (tertiary alicyclic amines) is 1. The number of benzene rings is 1. The van der Waals surface area contributed by atoms with E-state index in [2.05, 4.69) is 16.0 Å². The van der Waals surface area contributed by atoms with Crippen LogP contribution in [0.15, 0.2) is 29.6 Å². The molecule has 0 amide bonds. The van der Waals surface area contributed by atoms with E-state index in [1.165, 1.54) is 43.7 Å². The van der Waals surface area contributed by atoms with Crippen molar-refractivity contribution in [1.82, 2.24) is 9.88 Å². The van der Waals surface area contributed by atoms with Crippen LogP contribution in [-0.4, -0.2) is 36.1 Å². The van der Waals surface area contributed by atoms with Crippen molar-refractivity contribution in [3.8, 4) is 23.1 Å². The van der Waals surface area contributed by atoms with Gasteiger partial charge in [0.1, 0.15) is 18.4 Å². The van der Waals surface area contributed by atoms with Crippen molar-refractivity contribution in [2.75, 3.05) is 26.2 Å². The second-order valence-corrected chi connectivity index (χ2v) is 6.28. The van der Waals surface area contributed by atoms with E-state index in [0.717, 1.165) is 30.2 Å². The molecule has 1 aromatic heterocycles. The zero-order valence-electron chi connectivity index (χ0n) is 12.5. The van der Waals surface area contributed by atoms with Crippen LogP contribution in [0.25, 0.3) is 11.3 Å². The van der Waals surface area contributed by atoms with Crippen LogP contribution in [0.5, 0.6) is 5.75 Å². The van der Waals surface area contributed by atoms with Gasteiger partial charge in [0.15, 0.2) is 5.01 Å². The predicted octanol–water partition coefficient (Wildman–Crippen LogP) is 3.55. The maximum absolute atomic E-state index is 8.82. The topological polar surface area (TPSA) is 49.1 Å². The van der Waals surface area contributed by atoms with Crippen LogP contribution in [0.3, 0.4) is 0 Å². The maximum Gasteiger partial charge on any atom is 0.194 e. The van der Waals surface area contributed by atoms with Crippen molar-refractivity contribution in [1.29, 1.82) is 5.26 Å². The highest BCUT2D eigenvalue weighted by atomic mass is 32.1. The molecular formula is C17H19N3OS. The van der Waals surface area contributed by atoms with Crippen molar-refractivity contribution in [2.24, 2.45) is 0 Å². The van der Waals surface area contributed by atoms with Gasteiger partial charge in [0.25, 0.3) is 0 Å². The van der Waals surface area contributed by atoms with Crippen LogP contribution in [-0.2, 0) is 0 Å². The molecule has 1 fully saturated rings. The lowest BCUT2D eigenvalue weighted by Gasteiger charge is -2.26. The summed E-state index contributed by atoms with van der Waals surface area (Å²) >= 11 is 1.37. The number of aromatic nitrogens is 1. The monoisotopic (exact) mass is 313 g/mol. The van der Waals surface area contributed by atoms with Gasteiger partial charge < -0.3 is 4.74 Å². The molecule has 3 rings (SSSR count). The summed E-state index contributed by atoms with van der Waals surface area (Å²) in [6.45, 7) is 4.13. The molecule has 2 aromatic rings. The number of piperidine rings is 1. The van der Waals surface area contributed by atoms with Crippen molar-refractivity contribution in [3.05, 3.63) is 34.7 Å². The first-order valence-electron chi connectivity index (χ1n) is 7.66. The lowest BCUT2D eigenvalue weighted by Crippen LogP contribution is -2.33. The first-order valence-corrected chi connectivity index (χ1v) is 8.54. The number of ether oxygens (including phenoxy) is 1. The second-order valence-electron chi connectivity index (χ2n) is 5.42. The Hall–Kier alpha value is -1.90. The van der Waals surface area contributed by atoms with E-state index in [1.54, 1.807) is 0 Å². The Morgan fingerprint density at radius 3 is 2.64 bits per heavy atom. The zero-order chi connectivity index (χ0) is 15.2. The van der Waals surface area contributed by atoms with Crippen LogP contribution in [0.2, 0.25) is 0 Å². The SMILES string of the molecule is N#Cc1nc(-c2ccc(OCCN3CCCCC3)cc2)cs1. The normalized spacial score (nSPS) is 15.4. The average Bonchev–Trinajstić information content (AvgIpc) is 3.06. The van der Waals surface area contributed by atoms with Crippen LogP contribution < -0.4 is 4.74 Å². The Kier molecular flexibility index (Phi) is 5.04. The molecule has 1 aliphatic rings. The highest BCUT2D eigenvalue weighted by Gasteiger charge is 2.09. The third kappa shape index (κ3) is 3.85. The van der Waals surface area contributed by atoms with Crippen molar-refractivity contribution >= 4 is 11.3 Å². The third-order valence-electron chi connectivity index (χ3n) is 3.87. The van der Waals surface area contributed by atoms with Crippen molar-refractivity contribution in [2.45, 2.75) is 19.3 Å². The number of hydrogen-bond donors (Lipinski definition) is 0. The van der Waals surface area contributed by atoms with E-state index in [9.17, 15) is 0 Å². The molecule has 0 aliphatic carbocycles. The summed E-state index contributed by atoms with van der Waals surface area (Å²) in [5.74, 6) is 0.886. The minimum atomic E-state index is 0.497. The minimum Gasteiger partial charge on any atom is -0.492 e. The van der Waals surface area contributed by atoms with Gasteiger partial charge in [0.05, 0.1) is 5.69 Å². The first kappa shape index (κ1) is 15.0. The largest absolute Gasteiger partial charge is 0.492 e. The van der Waals surface area contributed by atoms with Crippen LogP contribution in [0.4, 0.5) is 0 Å². The number of nitriles is 1. The van der Waals surface area contributed by atoms with E-state index in [-0.39, 0.29) is 0 Å². The lowest BCUT2D eigenvalue weighted by atomic mass is 10.1. The minimum absolute atomic E-state index is 0.497. The predicted molar refractivity (Wildman–Crippen MR) is 88.1 cm³/mol. The molecule has 1 saturated heterocycles. The quantitative estimate of drug-likeness (QED) is 0.847. The molecule has 4 nitrogen and oxygen atoms in total. The van der Waals surface area contributed by atoms with Gasteiger partial charge in [0.2, 0.25) is 0 Å². The Morgan fingerprint density at radius 2 is 1.95 bits per heavy atom. The molecule has 0 spiro atoms. The molecule has 114 valence electrons. The van der Waals surface area contributed by atoms with Gasteiger partial charge in [-0.3, -0.25) is 4.90 Å². The summed E-state index contributed by atoms with van der Waals surface area (Å²) in [7, 11) is 0. The standard InChI is InChI=1S/C17H19N3OS/c18-12-17-19-16(13-22-17)14-4-6-15(7-5-14)21-11-10-20-8-2-1-3-9-20/h4-7,13H,1-3,8-11H2. The molecule has 0 unspecified atom stereocenters. The van der Waals surface area contributed by atoms with E-state index >= 15 is 0 Å². The van der Waals surface area contributed by atoms with Crippen LogP contribution in [0, 0.1) is 11.3 Å². The molecule has 1 aliphatic heterocycles. The summed E-state index contributed by atoms with van der Waals surface area (Å²) in [4.78, 5) is 6.73. The highest BCUT2D eigenvalue weighted by molar-refractivity contribution is 7.10. The average molecular weight is 313 g/mol. The number of nitrogens with zero attached hydrogens (tertiary/aromatic N) is 3. The van der Waals surface area contributed by atoms with E-state index in [4.69, 9.17) is 10.00 Å². The summed E-state index contributed by atoms with van der Waals surface area (Å²) in [5, 5.41) is 11.2. The Bertz CT molecular complexity index is 639. The summed E-state index contributed by atoms with van der Waals surface area (Å²) < 4.78 is 5.81. The van der Waals surface area contributed by atoms with Crippen molar-refractivity contribution in [3.63, 3.8) is 0 Å². The fraction of sp³-hybridized carbons (Fsp3) is 0.412. The number of hydrogen-bond acceptors (Lipinski definition) is 5. The first-order chi connectivity index (χ1) is 10.8. The third-order valence-corrected chi connectivity index (χ3v) is 4.62. The molecule has 0 atom stereocenters. The fourth-order valence-corrected chi connectivity index (χ4v) is 3.27. The Morgan fingerprint density at radius 1 is 1.18 bits per heavy atom. The summed E-state index contributed by atoms with van der Waals surface area (Å²) in [6, 6.07) is 9.99. The van der Waals surface area contributed by atoms with Gasteiger partial charge in [-0.05, 0) is 50.2 Å². The molecule has 0 bridgehead atoms. The highest BCUT2D eigenvalue weighted by Crippen LogP contribution is 2.24. The van der Waals surface area contributed by atoms with Gasteiger partial charge in [0, 0.05) is 17.5 Å². The molecular weight excluding hydrogens is 294 g/mol. The molecule has 0 radical (unpaired) electrons. The van der Waals surface area contributed by atoms with Crippen LogP contribution in [0.1, 0.15) is 24.3 Å². The summed E-state index contributed by atoms with van der Waals surface area (Å²) in [6.07, 6.45) is 3.99. The maximum atomic E-state index is 8.82. The smallest absolute Gasteiger partial charge is 0.194 e. The zero-order valence-corrected chi connectivity index (χ0v) is 13.3. The number of rotatable bonds is 5. The van der Waals surface area contributed by atoms with Crippen molar-refractivity contribution < 1.29 is 4.74 Å². The van der Waals surface area contributed by atoms with E-state index in [1.807, 2.05) is 29.6 Å². The molecule has 2 heterocycles. The molecule has 0 N–H and O–H groups in total. The van der Waals surface area contributed by atoms with E-state index < -0.39 is 0 Å². The van der Waals surface area contributed by atoms with Gasteiger partial charge in [-0.15, -0.1) is 11.3 Å². The summed E-state index contributed by atoms with van der Waals surface area (Å²) in [5.41, 5.74) is 1.86. The molecule has 0 saturated carbocycles. The van der Waals surface area contributed by atoms with Gasteiger partial charge in [-0.25, -0.2) is 4.98 Å². The second kappa shape index (κ2) is 7.39. The van der Waals surface area contributed by atoms with Crippen LogP contribution >= 0.6 is 11.3 Å². The Labute approximate surface area is 135 Å². The molecule has 22 heavy (non-hydrogen) atoms. The lowest BCUT2D eigenvalue weighted by molar-refractivity contribution is 0.183. The molecule has 5 heteroatoms. The van der Waals surface area contributed by atoms with E-state index in [0.29, 0.717) is 5.01 Å². The fourth-order valence-electron chi connectivity index (χ4n) is 2.66. The van der Waals surface area contributed by atoms with Gasteiger partial charge in [-0.2, -0.15) is 5.26 Å². The van der Waals surface area contributed by atoms with Gasteiger partial charge >= 0.3 is 0 Å². The molecule has 1 aromatic carbocycles. The number of thiazole rings is 1. The Balaban J connectivity index is 1.52.